The summed E-state index contributed by atoms with van der Waals surface area (Å²) in [5.41, 5.74) is 0.0677. The molecule has 1 fully saturated rings. The molecular weight excluding hydrogens is 256 g/mol. The molecule has 1 amide bonds. The van der Waals surface area contributed by atoms with Crippen LogP contribution in [0.4, 0.5) is 0 Å². The summed E-state index contributed by atoms with van der Waals surface area (Å²) in [6, 6.07) is 0. The standard InChI is InChI=1S/C8H17NO.C4H10.C3H5NO2/c1-9-8(7-10)5-3-2-4-6-8;1-4(2)3;5-2-1-4-3-6/h9-10H,2-7H2,1H3;4H,1-3H3;2-3H,1H2,(H,4,6). The predicted octanol–water partition coefficient (Wildman–Crippen LogP) is 1.49. The minimum Gasteiger partial charge on any atom is -0.394 e. The quantitative estimate of drug-likeness (QED) is 0.529. The lowest BCUT2D eigenvalue weighted by Crippen LogP contribution is -2.47. The van der Waals surface area contributed by atoms with Gasteiger partial charge in [0, 0.05) is 5.54 Å². The van der Waals surface area contributed by atoms with Crippen LogP contribution in [-0.2, 0) is 9.59 Å². The van der Waals surface area contributed by atoms with E-state index in [4.69, 9.17) is 5.11 Å². The Morgan fingerprint density at radius 1 is 1.15 bits per heavy atom. The van der Waals surface area contributed by atoms with Gasteiger partial charge in [0.15, 0.2) is 0 Å². The van der Waals surface area contributed by atoms with Gasteiger partial charge in [0.1, 0.15) is 6.29 Å². The largest absolute Gasteiger partial charge is 0.394 e. The Labute approximate surface area is 123 Å². The first-order valence-corrected chi connectivity index (χ1v) is 7.38. The average molecular weight is 288 g/mol. The molecule has 1 aliphatic rings. The molecule has 3 N–H and O–H groups in total. The van der Waals surface area contributed by atoms with E-state index in [0.717, 1.165) is 18.8 Å². The first kappa shape index (κ1) is 21.4. The van der Waals surface area contributed by atoms with E-state index in [9.17, 15) is 9.59 Å². The fraction of sp³-hybridized carbons (Fsp3) is 0.867. The second kappa shape index (κ2) is 14.5. The fourth-order valence-electron chi connectivity index (χ4n) is 1.81. The third kappa shape index (κ3) is 13.5. The molecule has 1 saturated carbocycles. The number of aliphatic hydroxyl groups excluding tert-OH is 1. The van der Waals surface area contributed by atoms with Crippen molar-refractivity contribution in [2.75, 3.05) is 20.2 Å². The summed E-state index contributed by atoms with van der Waals surface area (Å²) in [6.45, 7) is 6.91. The summed E-state index contributed by atoms with van der Waals surface area (Å²) in [6.07, 6.45) is 7.25. The Balaban J connectivity index is 0. The van der Waals surface area contributed by atoms with Gasteiger partial charge in [0.25, 0.3) is 0 Å². The van der Waals surface area contributed by atoms with Crippen LogP contribution in [0.3, 0.4) is 0 Å². The lowest BCUT2D eigenvalue weighted by atomic mass is 9.82. The Morgan fingerprint density at radius 2 is 1.65 bits per heavy atom. The summed E-state index contributed by atoms with van der Waals surface area (Å²) in [7, 11) is 1.95. The zero-order valence-corrected chi connectivity index (χ0v) is 13.4. The minimum absolute atomic E-state index is 0.0677. The van der Waals surface area contributed by atoms with E-state index < -0.39 is 0 Å². The summed E-state index contributed by atoms with van der Waals surface area (Å²) >= 11 is 0. The third-order valence-corrected chi connectivity index (χ3v) is 2.93. The Kier molecular flexibility index (Phi) is 15.5. The highest BCUT2D eigenvalue weighted by atomic mass is 16.3. The van der Waals surface area contributed by atoms with Crippen LogP contribution in [-0.4, -0.2) is 43.5 Å². The van der Waals surface area contributed by atoms with Crippen LogP contribution in [0.15, 0.2) is 0 Å². The lowest BCUT2D eigenvalue weighted by molar-refractivity contribution is -0.113. The maximum absolute atomic E-state index is 9.34. The van der Waals surface area contributed by atoms with Crippen molar-refractivity contribution in [3.05, 3.63) is 0 Å². The molecular formula is C15H32N2O3. The Morgan fingerprint density at radius 3 is 1.85 bits per heavy atom. The van der Waals surface area contributed by atoms with Crippen LogP contribution >= 0.6 is 0 Å². The van der Waals surface area contributed by atoms with Crippen molar-refractivity contribution >= 4 is 12.7 Å². The molecule has 0 aromatic rings. The van der Waals surface area contributed by atoms with Crippen LogP contribution in [0.2, 0.25) is 0 Å². The van der Waals surface area contributed by atoms with E-state index in [-0.39, 0.29) is 12.1 Å². The number of carbonyl (C=O) groups excluding carboxylic acids is 2. The maximum Gasteiger partial charge on any atom is 0.207 e. The van der Waals surface area contributed by atoms with Gasteiger partial charge in [-0.25, -0.2) is 0 Å². The van der Waals surface area contributed by atoms with E-state index >= 15 is 0 Å². The van der Waals surface area contributed by atoms with Gasteiger partial charge in [-0.05, 0) is 25.8 Å². The van der Waals surface area contributed by atoms with Crippen LogP contribution < -0.4 is 10.6 Å². The molecule has 5 heteroatoms. The van der Waals surface area contributed by atoms with E-state index in [1.165, 1.54) is 19.3 Å². The number of aldehydes is 1. The molecule has 0 aliphatic heterocycles. The monoisotopic (exact) mass is 288 g/mol. The number of likely N-dealkylation sites (N-methyl/N-ethyl adjacent to an activating group) is 1. The molecule has 0 radical (unpaired) electrons. The number of carbonyl (C=O) groups is 2. The van der Waals surface area contributed by atoms with Crippen molar-refractivity contribution in [3.8, 4) is 0 Å². The van der Waals surface area contributed by atoms with Crippen LogP contribution in [0.25, 0.3) is 0 Å². The Hall–Kier alpha value is -0.940. The van der Waals surface area contributed by atoms with Gasteiger partial charge in [0.2, 0.25) is 6.41 Å². The topological polar surface area (TPSA) is 78.4 Å². The highest BCUT2D eigenvalue weighted by Crippen LogP contribution is 2.26. The molecule has 5 nitrogen and oxygen atoms in total. The van der Waals surface area contributed by atoms with Crippen molar-refractivity contribution in [2.24, 2.45) is 5.92 Å². The maximum atomic E-state index is 9.34. The van der Waals surface area contributed by atoms with Crippen LogP contribution in [0.5, 0.6) is 0 Å². The summed E-state index contributed by atoms with van der Waals surface area (Å²) in [5, 5.41) is 14.4. The van der Waals surface area contributed by atoms with Crippen molar-refractivity contribution < 1.29 is 14.7 Å². The zero-order chi connectivity index (χ0) is 15.9. The molecule has 0 aromatic heterocycles. The van der Waals surface area contributed by atoms with Gasteiger partial charge < -0.3 is 20.5 Å². The summed E-state index contributed by atoms with van der Waals surface area (Å²) < 4.78 is 0. The second-order valence-electron chi connectivity index (χ2n) is 5.67. The molecule has 1 aliphatic carbocycles. The molecule has 0 bridgehead atoms. The van der Waals surface area contributed by atoms with Gasteiger partial charge >= 0.3 is 0 Å². The van der Waals surface area contributed by atoms with Gasteiger partial charge in [-0.15, -0.1) is 0 Å². The van der Waals surface area contributed by atoms with Crippen LogP contribution in [0.1, 0.15) is 52.9 Å². The molecule has 0 heterocycles. The smallest absolute Gasteiger partial charge is 0.207 e. The molecule has 0 atom stereocenters. The van der Waals surface area contributed by atoms with Crippen LogP contribution in [0, 0.1) is 5.92 Å². The second-order valence-corrected chi connectivity index (χ2v) is 5.67. The number of hydrogen-bond acceptors (Lipinski definition) is 4. The number of aliphatic hydroxyl groups is 1. The van der Waals surface area contributed by atoms with Crippen molar-refractivity contribution in [2.45, 2.75) is 58.4 Å². The molecule has 0 spiro atoms. The number of rotatable bonds is 5. The molecule has 0 saturated heterocycles. The Bertz CT molecular complexity index is 210. The van der Waals surface area contributed by atoms with E-state index in [1.54, 1.807) is 0 Å². The third-order valence-electron chi connectivity index (χ3n) is 2.93. The SMILES string of the molecule is CC(C)C.CNC1(CO)CCCCC1.O=CCNC=O. The highest BCUT2D eigenvalue weighted by molar-refractivity contribution is 5.58. The van der Waals surface area contributed by atoms with E-state index in [1.807, 2.05) is 7.05 Å². The molecule has 0 unspecified atom stereocenters. The summed E-state index contributed by atoms with van der Waals surface area (Å²) in [4.78, 5) is 18.6. The average Bonchev–Trinajstić information content (AvgIpc) is 2.46. The molecule has 0 aromatic carbocycles. The number of nitrogens with one attached hydrogen (secondary N) is 2. The van der Waals surface area contributed by atoms with E-state index in [2.05, 4.69) is 31.4 Å². The minimum atomic E-state index is 0.0677. The number of amides is 1. The van der Waals surface area contributed by atoms with Crippen molar-refractivity contribution in [1.29, 1.82) is 0 Å². The normalized spacial score (nSPS) is 16.1. The molecule has 20 heavy (non-hydrogen) atoms. The number of hydrogen-bond donors (Lipinski definition) is 3. The lowest BCUT2D eigenvalue weighted by Gasteiger charge is -2.35. The zero-order valence-electron chi connectivity index (χ0n) is 13.4. The predicted molar refractivity (Wildman–Crippen MR) is 82.6 cm³/mol. The fourth-order valence-corrected chi connectivity index (χ4v) is 1.81. The van der Waals surface area contributed by atoms with Gasteiger partial charge in [-0.3, -0.25) is 4.79 Å². The highest BCUT2D eigenvalue weighted by Gasteiger charge is 2.28. The first-order valence-electron chi connectivity index (χ1n) is 7.38. The van der Waals surface area contributed by atoms with Gasteiger partial charge in [-0.1, -0.05) is 40.0 Å². The first-order chi connectivity index (χ1) is 9.47. The molecule has 1 rings (SSSR count). The van der Waals surface area contributed by atoms with Crippen molar-refractivity contribution in [3.63, 3.8) is 0 Å². The van der Waals surface area contributed by atoms with Gasteiger partial charge in [-0.2, -0.15) is 0 Å². The summed E-state index contributed by atoms with van der Waals surface area (Å²) in [5.74, 6) is 0.833. The van der Waals surface area contributed by atoms with Gasteiger partial charge in [0.05, 0.1) is 13.2 Å². The van der Waals surface area contributed by atoms with Crippen molar-refractivity contribution in [1.82, 2.24) is 10.6 Å². The van der Waals surface area contributed by atoms with E-state index in [0.29, 0.717) is 19.3 Å². The molecule has 120 valence electrons.